The highest BCUT2D eigenvalue weighted by molar-refractivity contribution is 5.88. The van der Waals surface area contributed by atoms with Crippen LogP contribution in [0, 0.1) is 10.8 Å². The fraction of sp³-hybridized carbons (Fsp3) is 0.444. The van der Waals surface area contributed by atoms with Crippen molar-refractivity contribution < 1.29 is 24.2 Å². The van der Waals surface area contributed by atoms with Gasteiger partial charge in [0.2, 0.25) is 5.91 Å². The molecule has 34 heavy (non-hydrogen) atoms. The molecule has 1 unspecified atom stereocenters. The summed E-state index contributed by atoms with van der Waals surface area (Å²) in [4.78, 5) is 39.3. The molecule has 0 radical (unpaired) electrons. The monoisotopic (exact) mass is 464 g/mol. The molecule has 2 aromatic carbocycles. The Balaban J connectivity index is 1.45. The number of aliphatic carboxylic acids is 1. The van der Waals surface area contributed by atoms with Gasteiger partial charge in [-0.25, -0.2) is 4.79 Å². The number of carbonyl (C=O) groups is 3. The van der Waals surface area contributed by atoms with E-state index in [0.717, 1.165) is 22.3 Å². The van der Waals surface area contributed by atoms with Crippen LogP contribution in [0.2, 0.25) is 0 Å². The van der Waals surface area contributed by atoms with E-state index in [-0.39, 0.29) is 25.0 Å². The topological polar surface area (TPSA) is 95.9 Å². The standard InChI is InChI=1S/C27H32N2O5/c1-26(2,3)22(23(30)29-14-13-27(4,16-29)24(31)32)28-25(33)34-15-21-19-11-7-5-9-17(19)18-10-6-8-12-20(18)21/h5-12,21-22H,13-16H2,1-4H3,(H,28,33)(H,31,32)/t22-,27?/m0/s1. The lowest BCUT2D eigenvalue weighted by Crippen LogP contribution is -2.54. The van der Waals surface area contributed by atoms with Crippen molar-refractivity contribution in [2.24, 2.45) is 10.8 Å². The van der Waals surface area contributed by atoms with Crippen LogP contribution >= 0.6 is 0 Å². The fourth-order valence-corrected chi connectivity index (χ4v) is 4.91. The highest BCUT2D eigenvalue weighted by Gasteiger charge is 2.45. The average Bonchev–Trinajstić information content (AvgIpc) is 3.34. The van der Waals surface area contributed by atoms with Crippen molar-refractivity contribution in [1.29, 1.82) is 0 Å². The van der Waals surface area contributed by atoms with Crippen LogP contribution in [-0.2, 0) is 14.3 Å². The van der Waals surface area contributed by atoms with Gasteiger partial charge in [0.25, 0.3) is 0 Å². The van der Waals surface area contributed by atoms with Gasteiger partial charge in [-0.1, -0.05) is 69.3 Å². The van der Waals surface area contributed by atoms with E-state index in [9.17, 15) is 19.5 Å². The molecule has 2 N–H and O–H groups in total. The van der Waals surface area contributed by atoms with E-state index in [1.54, 1.807) is 6.92 Å². The number of carboxylic acids is 1. The number of hydrogen-bond donors (Lipinski definition) is 2. The van der Waals surface area contributed by atoms with Gasteiger partial charge in [0, 0.05) is 19.0 Å². The number of hydrogen-bond acceptors (Lipinski definition) is 4. The second-order valence-corrected chi connectivity index (χ2v) is 10.6. The van der Waals surface area contributed by atoms with Crippen molar-refractivity contribution in [2.75, 3.05) is 19.7 Å². The Morgan fingerprint density at radius 2 is 1.65 bits per heavy atom. The lowest BCUT2D eigenvalue weighted by Gasteiger charge is -2.33. The molecular weight excluding hydrogens is 432 g/mol. The number of carbonyl (C=O) groups excluding carboxylic acids is 2. The molecule has 2 amide bonds. The van der Waals surface area contributed by atoms with E-state index in [1.165, 1.54) is 4.90 Å². The lowest BCUT2D eigenvalue weighted by molar-refractivity contribution is -0.147. The SMILES string of the molecule is CC1(C(=O)O)CCN(C(=O)[C@H](NC(=O)OCC2c3ccccc3-c3ccccc32)C(C)(C)C)C1. The van der Waals surface area contributed by atoms with Crippen molar-refractivity contribution in [3.8, 4) is 11.1 Å². The second kappa shape index (κ2) is 8.78. The fourth-order valence-electron chi connectivity index (χ4n) is 4.91. The van der Waals surface area contributed by atoms with Crippen LogP contribution in [0.5, 0.6) is 0 Å². The molecule has 1 aliphatic heterocycles. The molecule has 1 heterocycles. The van der Waals surface area contributed by atoms with Gasteiger partial charge in [0.15, 0.2) is 0 Å². The molecule has 180 valence electrons. The largest absolute Gasteiger partial charge is 0.481 e. The third-order valence-corrected chi connectivity index (χ3v) is 7.02. The minimum Gasteiger partial charge on any atom is -0.481 e. The molecule has 1 saturated heterocycles. The first-order valence-electron chi connectivity index (χ1n) is 11.6. The normalized spacial score (nSPS) is 20.4. The number of amides is 2. The second-order valence-electron chi connectivity index (χ2n) is 10.6. The maximum Gasteiger partial charge on any atom is 0.407 e. The van der Waals surface area contributed by atoms with Crippen LogP contribution in [-0.4, -0.2) is 53.7 Å². The van der Waals surface area contributed by atoms with Crippen LogP contribution in [0.4, 0.5) is 4.79 Å². The zero-order chi connectivity index (χ0) is 24.7. The average molecular weight is 465 g/mol. The number of fused-ring (bicyclic) bond motifs is 3. The van der Waals surface area contributed by atoms with Gasteiger partial charge in [-0.05, 0) is 41.0 Å². The number of alkyl carbamates (subject to hydrolysis) is 1. The first kappa shape index (κ1) is 23.8. The zero-order valence-electron chi connectivity index (χ0n) is 20.1. The highest BCUT2D eigenvalue weighted by Crippen LogP contribution is 2.44. The summed E-state index contributed by atoms with van der Waals surface area (Å²) >= 11 is 0. The van der Waals surface area contributed by atoms with Gasteiger partial charge >= 0.3 is 12.1 Å². The molecule has 7 nitrogen and oxygen atoms in total. The summed E-state index contributed by atoms with van der Waals surface area (Å²) in [5, 5.41) is 12.3. The van der Waals surface area contributed by atoms with Gasteiger partial charge in [0.1, 0.15) is 12.6 Å². The van der Waals surface area contributed by atoms with Crippen molar-refractivity contribution in [3.05, 3.63) is 59.7 Å². The predicted molar refractivity (Wildman–Crippen MR) is 128 cm³/mol. The number of likely N-dealkylation sites (tertiary alicyclic amines) is 1. The Hall–Kier alpha value is -3.35. The minimum atomic E-state index is -0.970. The first-order valence-corrected chi connectivity index (χ1v) is 11.6. The molecule has 4 rings (SSSR count). The zero-order valence-corrected chi connectivity index (χ0v) is 20.1. The summed E-state index contributed by atoms with van der Waals surface area (Å²) in [6.07, 6.45) is -0.272. The van der Waals surface area contributed by atoms with E-state index < -0.39 is 28.9 Å². The van der Waals surface area contributed by atoms with Gasteiger partial charge in [-0.15, -0.1) is 0 Å². The van der Waals surface area contributed by atoms with Crippen molar-refractivity contribution in [1.82, 2.24) is 10.2 Å². The highest BCUT2D eigenvalue weighted by atomic mass is 16.5. The smallest absolute Gasteiger partial charge is 0.407 e. The minimum absolute atomic E-state index is 0.0724. The van der Waals surface area contributed by atoms with E-state index in [2.05, 4.69) is 29.6 Å². The van der Waals surface area contributed by atoms with Crippen molar-refractivity contribution in [3.63, 3.8) is 0 Å². The Morgan fingerprint density at radius 1 is 1.09 bits per heavy atom. The van der Waals surface area contributed by atoms with E-state index in [1.807, 2.05) is 45.0 Å². The predicted octanol–water partition coefficient (Wildman–Crippen LogP) is 4.26. The third kappa shape index (κ3) is 4.39. The third-order valence-electron chi connectivity index (χ3n) is 7.02. The number of nitrogens with one attached hydrogen (secondary N) is 1. The van der Waals surface area contributed by atoms with Gasteiger partial charge < -0.3 is 20.1 Å². The number of benzene rings is 2. The molecule has 0 aromatic heterocycles. The molecule has 0 spiro atoms. The van der Waals surface area contributed by atoms with Crippen LogP contribution in [0.15, 0.2) is 48.5 Å². The van der Waals surface area contributed by atoms with Crippen molar-refractivity contribution >= 4 is 18.0 Å². The summed E-state index contributed by atoms with van der Waals surface area (Å²) in [7, 11) is 0. The molecule has 0 bridgehead atoms. The maximum atomic E-state index is 13.3. The molecule has 7 heteroatoms. The maximum absolute atomic E-state index is 13.3. The lowest BCUT2D eigenvalue weighted by atomic mass is 9.85. The van der Waals surface area contributed by atoms with E-state index in [4.69, 9.17) is 4.74 Å². The van der Waals surface area contributed by atoms with Crippen LogP contribution in [0.25, 0.3) is 11.1 Å². The summed E-state index contributed by atoms with van der Waals surface area (Å²) in [6, 6.07) is 15.4. The van der Waals surface area contributed by atoms with Gasteiger partial charge in [-0.3, -0.25) is 9.59 Å². The van der Waals surface area contributed by atoms with E-state index in [0.29, 0.717) is 13.0 Å². The summed E-state index contributed by atoms with van der Waals surface area (Å²) < 4.78 is 5.64. The summed E-state index contributed by atoms with van der Waals surface area (Å²) in [5.41, 5.74) is 2.97. The molecule has 2 aliphatic rings. The quantitative estimate of drug-likeness (QED) is 0.689. The van der Waals surface area contributed by atoms with Crippen molar-refractivity contribution in [2.45, 2.75) is 46.1 Å². The Kier molecular flexibility index (Phi) is 6.14. The molecule has 1 aliphatic carbocycles. The molecular formula is C27H32N2O5. The number of ether oxygens (including phenoxy) is 1. The first-order chi connectivity index (χ1) is 16.0. The Morgan fingerprint density at radius 3 is 2.15 bits per heavy atom. The van der Waals surface area contributed by atoms with Crippen LogP contribution < -0.4 is 5.32 Å². The van der Waals surface area contributed by atoms with Gasteiger partial charge in [-0.2, -0.15) is 0 Å². The number of rotatable bonds is 5. The molecule has 2 atom stereocenters. The number of carboxylic acid groups (broad SMARTS) is 1. The Bertz CT molecular complexity index is 1080. The summed E-state index contributed by atoms with van der Waals surface area (Å²) in [6.45, 7) is 7.88. The Labute approximate surface area is 200 Å². The molecule has 2 aromatic rings. The van der Waals surface area contributed by atoms with Crippen LogP contribution in [0.3, 0.4) is 0 Å². The molecule has 1 fully saturated rings. The molecule has 0 saturated carbocycles. The summed E-state index contributed by atoms with van der Waals surface area (Å²) in [5.74, 6) is -1.28. The van der Waals surface area contributed by atoms with Gasteiger partial charge in [0.05, 0.1) is 5.41 Å². The van der Waals surface area contributed by atoms with E-state index >= 15 is 0 Å². The number of nitrogens with zero attached hydrogens (tertiary/aromatic N) is 1. The van der Waals surface area contributed by atoms with Crippen LogP contribution in [0.1, 0.15) is 51.2 Å².